The molecule has 2 aliphatic rings. The number of nitrogens with one attached hydrogen (secondary N) is 1. The number of piperidine rings is 1. The zero-order chi connectivity index (χ0) is 14.8. The topological polar surface area (TPSA) is 37.4 Å². The Morgan fingerprint density at radius 1 is 1.09 bits per heavy atom. The Balaban J connectivity index is 1.65. The van der Waals surface area contributed by atoms with Crippen LogP contribution < -0.4 is 15.0 Å². The molecule has 4 heteroatoms. The van der Waals surface area contributed by atoms with Crippen LogP contribution in [0, 0.1) is 0 Å². The third-order valence-electron chi connectivity index (χ3n) is 4.75. The van der Waals surface area contributed by atoms with Crippen molar-refractivity contribution in [3.05, 3.63) is 30.5 Å². The number of rotatable bonds is 3. The summed E-state index contributed by atoms with van der Waals surface area (Å²) in [5.74, 6) is 0.797. The van der Waals surface area contributed by atoms with Gasteiger partial charge in [0.1, 0.15) is 6.10 Å². The molecule has 0 spiro atoms. The van der Waals surface area contributed by atoms with Crippen LogP contribution in [0.4, 0.5) is 5.69 Å². The Hall–Kier alpha value is -1.81. The highest BCUT2D eigenvalue weighted by molar-refractivity contribution is 5.89. The van der Waals surface area contributed by atoms with Gasteiger partial charge >= 0.3 is 0 Å². The Morgan fingerprint density at radius 3 is 2.73 bits per heavy atom. The number of nitrogens with zero attached hydrogens (tertiary/aromatic N) is 2. The second kappa shape index (κ2) is 6.13. The lowest BCUT2D eigenvalue weighted by atomic mass is 10.1. The summed E-state index contributed by atoms with van der Waals surface area (Å²) in [5, 5.41) is 5.73. The molecule has 3 heterocycles. The van der Waals surface area contributed by atoms with E-state index in [1.54, 1.807) is 0 Å². The molecule has 0 aliphatic carbocycles. The lowest BCUT2D eigenvalue weighted by Crippen LogP contribution is -2.34. The molecule has 2 fully saturated rings. The zero-order valence-corrected chi connectivity index (χ0v) is 12.9. The molecule has 1 N–H and O–H groups in total. The molecular weight excluding hydrogens is 274 g/mol. The molecule has 116 valence electrons. The van der Waals surface area contributed by atoms with Gasteiger partial charge in [-0.05, 0) is 62.4 Å². The van der Waals surface area contributed by atoms with Crippen LogP contribution in [0.5, 0.6) is 5.88 Å². The molecule has 1 aromatic carbocycles. The largest absolute Gasteiger partial charge is 0.474 e. The predicted molar refractivity (Wildman–Crippen MR) is 89.7 cm³/mol. The molecule has 0 bridgehead atoms. The van der Waals surface area contributed by atoms with Crippen LogP contribution in [0.3, 0.4) is 0 Å². The number of hydrogen-bond acceptors (Lipinski definition) is 4. The van der Waals surface area contributed by atoms with Crippen LogP contribution in [0.2, 0.25) is 0 Å². The molecule has 4 nitrogen and oxygen atoms in total. The third-order valence-corrected chi connectivity index (χ3v) is 4.75. The number of anilines is 1. The molecule has 0 saturated carbocycles. The van der Waals surface area contributed by atoms with Crippen LogP contribution in [0.1, 0.15) is 25.7 Å². The van der Waals surface area contributed by atoms with Crippen LogP contribution in [0.25, 0.3) is 10.8 Å². The fourth-order valence-corrected chi connectivity index (χ4v) is 3.47. The van der Waals surface area contributed by atoms with Crippen molar-refractivity contribution in [1.82, 2.24) is 10.3 Å². The number of fused-ring (bicyclic) bond motifs is 1. The van der Waals surface area contributed by atoms with Crippen molar-refractivity contribution in [1.29, 1.82) is 0 Å². The lowest BCUT2D eigenvalue weighted by molar-refractivity contribution is 0.158. The molecule has 2 aromatic rings. The van der Waals surface area contributed by atoms with Crippen molar-refractivity contribution in [3.63, 3.8) is 0 Å². The van der Waals surface area contributed by atoms with Gasteiger partial charge in [0.05, 0.1) is 0 Å². The maximum atomic E-state index is 6.22. The van der Waals surface area contributed by atoms with Crippen LogP contribution in [0.15, 0.2) is 30.5 Å². The number of benzene rings is 1. The molecule has 0 amide bonds. The van der Waals surface area contributed by atoms with Crippen LogP contribution in [-0.4, -0.2) is 37.3 Å². The molecule has 0 radical (unpaired) electrons. The van der Waals surface area contributed by atoms with Gasteiger partial charge < -0.3 is 15.0 Å². The second-order valence-corrected chi connectivity index (χ2v) is 6.28. The van der Waals surface area contributed by atoms with E-state index >= 15 is 0 Å². The lowest BCUT2D eigenvalue weighted by Gasteiger charge is -2.24. The third kappa shape index (κ3) is 2.75. The summed E-state index contributed by atoms with van der Waals surface area (Å²) in [6, 6.07) is 8.74. The first-order valence-corrected chi connectivity index (χ1v) is 8.41. The highest BCUT2D eigenvalue weighted by Gasteiger charge is 2.18. The minimum Gasteiger partial charge on any atom is -0.474 e. The van der Waals surface area contributed by atoms with E-state index in [2.05, 4.69) is 39.5 Å². The van der Waals surface area contributed by atoms with E-state index in [4.69, 9.17) is 4.74 Å². The average Bonchev–Trinajstić information content (AvgIpc) is 3.10. The number of hydrogen-bond donors (Lipinski definition) is 1. The van der Waals surface area contributed by atoms with Crippen molar-refractivity contribution in [2.24, 2.45) is 0 Å². The fraction of sp³-hybridized carbons (Fsp3) is 0.500. The molecule has 2 saturated heterocycles. The SMILES string of the molecule is c1cc2ccc(N3CCCC3)cc2c(OC2CCNCC2)n1. The summed E-state index contributed by atoms with van der Waals surface area (Å²) in [7, 11) is 0. The predicted octanol–water partition coefficient (Wildman–Crippen LogP) is 2.97. The van der Waals surface area contributed by atoms with Gasteiger partial charge in [0, 0.05) is 30.4 Å². The van der Waals surface area contributed by atoms with E-state index in [0.717, 1.165) is 50.3 Å². The first kappa shape index (κ1) is 13.8. The minimum absolute atomic E-state index is 0.287. The summed E-state index contributed by atoms with van der Waals surface area (Å²) in [5.41, 5.74) is 1.30. The van der Waals surface area contributed by atoms with Gasteiger partial charge in [-0.2, -0.15) is 0 Å². The maximum absolute atomic E-state index is 6.22. The molecular formula is C18H23N3O. The molecule has 4 rings (SSSR count). The van der Waals surface area contributed by atoms with E-state index in [-0.39, 0.29) is 6.10 Å². The monoisotopic (exact) mass is 297 g/mol. The van der Waals surface area contributed by atoms with Gasteiger partial charge in [0.25, 0.3) is 0 Å². The average molecular weight is 297 g/mol. The van der Waals surface area contributed by atoms with E-state index < -0.39 is 0 Å². The van der Waals surface area contributed by atoms with E-state index in [9.17, 15) is 0 Å². The first-order valence-electron chi connectivity index (χ1n) is 8.41. The normalized spacial score (nSPS) is 19.7. The van der Waals surface area contributed by atoms with E-state index in [1.165, 1.54) is 23.9 Å². The van der Waals surface area contributed by atoms with Crippen molar-refractivity contribution in [2.75, 3.05) is 31.1 Å². The van der Waals surface area contributed by atoms with Gasteiger partial charge in [-0.15, -0.1) is 0 Å². The first-order chi connectivity index (χ1) is 10.9. The summed E-state index contributed by atoms with van der Waals surface area (Å²) >= 11 is 0. The van der Waals surface area contributed by atoms with Gasteiger partial charge in [-0.25, -0.2) is 4.98 Å². The quantitative estimate of drug-likeness (QED) is 0.945. The summed E-state index contributed by atoms with van der Waals surface area (Å²) < 4.78 is 6.22. The standard InChI is InChI=1S/C18H23N3O/c1-2-12-21(11-1)15-4-3-14-5-10-20-18(17(14)13-15)22-16-6-8-19-9-7-16/h3-5,10,13,16,19H,1-2,6-9,11-12H2. The van der Waals surface area contributed by atoms with Gasteiger partial charge in [-0.1, -0.05) is 6.07 Å². The Morgan fingerprint density at radius 2 is 1.91 bits per heavy atom. The van der Waals surface area contributed by atoms with Gasteiger partial charge in [0.2, 0.25) is 5.88 Å². The van der Waals surface area contributed by atoms with E-state index in [1.807, 2.05) is 6.20 Å². The van der Waals surface area contributed by atoms with Crippen molar-refractivity contribution in [3.8, 4) is 5.88 Å². The summed E-state index contributed by atoms with van der Waals surface area (Å²) in [4.78, 5) is 6.97. The minimum atomic E-state index is 0.287. The Bertz CT molecular complexity index is 646. The Labute approximate surface area is 131 Å². The zero-order valence-electron chi connectivity index (χ0n) is 12.9. The highest BCUT2D eigenvalue weighted by atomic mass is 16.5. The van der Waals surface area contributed by atoms with E-state index in [0.29, 0.717) is 0 Å². The molecule has 1 aromatic heterocycles. The van der Waals surface area contributed by atoms with Crippen molar-refractivity contribution >= 4 is 16.5 Å². The summed E-state index contributed by atoms with van der Waals surface area (Å²) in [6.07, 6.45) is 6.85. The van der Waals surface area contributed by atoms with Crippen LogP contribution >= 0.6 is 0 Å². The second-order valence-electron chi connectivity index (χ2n) is 6.28. The van der Waals surface area contributed by atoms with Crippen molar-refractivity contribution < 1.29 is 4.74 Å². The molecule has 2 aliphatic heterocycles. The van der Waals surface area contributed by atoms with Crippen LogP contribution in [-0.2, 0) is 0 Å². The maximum Gasteiger partial charge on any atom is 0.221 e. The highest BCUT2D eigenvalue weighted by Crippen LogP contribution is 2.30. The Kier molecular flexibility index (Phi) is 3.85. The van der Waals surface area contributed by atoms with Crippen molar-refractivity contribution in [2.45, 2.75) is 31.8 Å². The van der Waals surface area contributed by atoms with Gasteiger partial charge in [0.15, 0.2) is 0 Å². The smallest absolute Gasteiger partial charge is 0.221 e. The summed E-state index contributed by atoms with van der Waals surface area (Å²) in [6.45, 7) is 4.40. The number of aromatic nitrogens is 1. The number of pyridine rings is 1. The van der Waals surface area contributed by atoms with Gasteiger partial charge in [-0.3, -0.25) is 0 Å². The molecule has 22 heavy (non-hydrogen) atoms. The molecule has 0 atom stereocenters. The number of ether oxygens (including phenoxy) is 1. The molecule has 0 unspecified atom stereocenters. The fourth-order valence-electron chi connectivity index (χ4n) is 3.47.